The van der Waals surface area contributed by atoms with E-state index < -0.39 is 10.0 Å². The van der Waals surface area contributed by atoms with Gasteiger partial charge in [0, 0.05) is 36.9 Å². The van der Waals surface area contributed by atoms with Crippen molar-refractivity contribution in [1.82, 2.24) is 14.6 Å². The summed E-state index contributed by atoms with van der Waals surface area (Å²) in [6, 6.07) is 6.08. The second kappa shape index (κ2) is 8.50. The van der Waals surface area contributed by atoms with Crippen LogP contribution in [0.25, 0.3) is 0 Å². The number of hydrogen-bond donors (Lipinski definition) is 1. The van der Waals surface area contributed by atoms with Gasteiger partial charge in [-0.15, -0.1) is 11.3 Å². The van der Waals surface area contributed by atoms with Gasteiger partial charge in [-0.05, 0) is 31.9 Å². The standard InChI is InChI=1S/C19H23N3O4S2/c1-13(23)15-5-7-18(8-6-15)28(25,26)22-9-3-4-16(11-22)19-21-17(12-27-19)10-20-14(2)24/h5-8,12,16H,3-4,9-11H2,1-2H3,(H,20,24)/t16-/m1/s1. The van der Waals surface area contributed by atoms with E-state index in [-0.39, 0.29) is 22.5 Å². The lowest BCUT2D eigenvalue weighted by molar-refractivity contribution is -0.119. The van der Waals surface area contributed by atoms with Crippen molar-refractivity contribution >= 4 is 33.1 Å². The predicted octanol–water partition coefficient (Wildman–Crippen LogP) is 2.55. The summed E-state index contributed by atoms with van der Waals surface area (Å²) in [5.41, 5.74) is 1.28. The van der Waals surface area contributed by atoms with E-state index in [0.717, 1.165) is 23.5 Å². The van der Waals surface area contributed by atoms with E-state index in [1.54, 1.807) is 12.1 Å². The third-order valence-electron chi connectivity index (χ3n) is 4.72. The Hall–Kier alpha value is -2.10. The van der Waals surface area contributed by atoms with E-state index in [1.807, 2.05) is 5.38 Å². The predicted molar refractivity (Wildman–Crippen MR) is 107 cm³/mol. The summed E-state index contributed by atoms with van der Waals surface area (Å²) < 4.78 is 27.5. The van der Waals surface area contributed by atoms with Gasteiger partial charge in [-0.1, -0.05) is 12.1 Å². The Kier molecular flexibility index (Phi) is 6.26. The van der Waals surface area contributed by atoms with Crippen molar-refractivity contribution in [2.75, 3.05) is 13.1 Å². The molecule has 1 aromatic carbocycles. The number of carbonyl (C=O) groups is 2. The van der Waals surface area contributed by atoms with E-state index in [1.165, 1.54) is 41.6 Å². The van der Waals surface area contributed by atoms with Crippen LogP contribution in [0.1, 0.15) is 53.7 Å². The molecule has 0 bridgehead atoms. The van der Waals surface area contributed by atoms with Crippen LogP contribution >= 0.6 is 11.3 Å². The zero-order valence-corrected chi connectivity index (χ0v) is 17.5. The van der Waals surface area contributed by atoms with Gasteiger partial charge in [0.05, 0.1) is 22.1 Å². The summed E-state index contributed by atoms with van der Waals surface area (Å²) in [6.45, 7) is 4.14. The van der Waals surface area contributed by atoms with E-state index in [4.69, 9.17) is 0 Å². The Balaban J connectivity index is 1.73. The van der Waals surface area contributed by atoms with Crippen LogP contribution in [0.2, 0.25) is 0 Å². The van der Waals surface area contributed by atoms with Crippen LogP contribution in [0, 0.1) is 0 Å². The normalized spacial score (nSPS) is 18.0. The molecule has 1 atom stereocenters. The van der Waals surface area contributed by atoms with Crippen LogP contribution < -0.4 is 5.32 Å². The lowest BCUT2D eigenvalue weighted by Crippen LogP contribution is -2.39. The molecule has 0 aliphatic carbocycles. The minimum atomic E-state index is -3.62. The summed E-state index contributed by atoms with van der Waals surface area (Å²) in [6.07, 6.45) is 1.64. The van der Waals surface area contributed by atoms with Gasteiger partial charge >= 0.3 is 0 Å². The van der Waals surface area contributed by atoms with Gasteiger partial charge in [0.1, 0.15) is 0 Å². The van der Waals surface area contributed by atoms with Crippen molar-refractivity contribution in [2.24, 2.45) is 0 Å². The molecule has 1 aliphatic heterocycles. The lowest BCUT2D eigenvalue weighted by Gasteiger charge is -2.31. The number of sulfonamides is 1. The number of nitrogens with zero attached hydrogens (tertiary/aromatic N) is 2. The van der Waals surface area contributed by atoms with Crippen LogP contribution in [-0.4, -0.2) is 42.5 Å². The highest BCUT2D eigenvalue weighted by atomic mass is 32.2. The third-order valence-corrected chi connectivity index (χ3v) is 7.66. The number of amides is 1. The molecular formula is C19H23N3O4S2. The SMILES string of the molecule is CC(=O)NCc1csc([C@@H]2CCCN(S(=O)(=O)c3ccc(C(C)=O)cc3)C2)n1. The molecule has 2 aromatic rings. The topological polar surface area (TPSA) is 96.4 Å². The summed E-state index contributed by atoms with van der Waals surface area (Å²) >= 11 is 1.50. The van der Waals surface area contributed by atoms with Gasteiger partial charge in [0.25, 0.3) is 0 Å². The van der Waals surface area contributed by atoms with E-state index in [0.29, 0.717) is 25.2 Å². The number of carbonyl (C=O) groups excluding carboxylic acids is 2. The van der Waals surface area contributed by atoms with Crippen molar-refractivity contribution in [3.63, 3.8) is 0 Å². The average molecular weight is 422 g/mol. The largest absolute Gasteiger partial charge is 0.351 e. The number of nitrogens with one attached hydrogen (secondary N) is 1. The Labute approximate surface area is 168 Å². The molecule has 1 amide bonds. The highest BCUT2D eigenvalue weighted by Gasteiger charge is 2.32. The van der Waals surface area contributed by atoms with E-state index >= 15 is 0 Å². The number of ketones is 1. The molecule has 3 rings (SSSR count). The number of Topliss-reactive ketones (excluding diaryl/α,β-unsaturated/α-hetero) is 1. The fourth-order valence-corrected chi connectivity index (χ4v) is 5.65. The maximum atomic E-state index is 13.0. The maximum Gasteiger partial charge on any atom is 0.243 e. The van der Waals surface area contributed by atoms with Gasteiger partial charge < -0.3 is 5.32 Å². The molecule has 0 radical (unpaired) electrons. The molecule has 0 spiro atoms. The molecule has 7 nitrogen and oxygen atoms in total. The molecule has 28 heavy (non-hydrogen) atoms. The number of aromatic nitrogens is 1. The molecule has 0 unspecified atom stereocenters. The second-order valence-corrected chi connectivity index (χ2v) is 9.70. The highest BCUT2D eigenvalue weighted by Crippen LogP contribution is 2.32. The Morgan fingerprint density at radius 3 is 2.61 bits per heavy atom. The molecule has 1 aliphatic rings. The monoisotopic (exact) mass is 421 g/mol. The van der Waals surface area contributed by atoms with Crippen molar-refractivity contribution in [2.45, 2.75) is 44.0 Å². The first kappa shape index (κ1) is 20.6. The minimum absolute atomic E-state index is 0.0381. The molecule has 150 valence electrons. The van der Waals surface area contributed by atoms with Gasteiger partial charge in [-0.2, -0.15) is 4.31 Å². The van der Waals surface area contributed by atoms with Gasteiger partial charge in [0.15, 0.2) is 5.78 Å². The molecule has 1 fully saturated rings. The summed E-state index contributed by atoms with van der Waals surface area (Å²) in [7, 11) is -3.62. The number of rotatable bonds is 6. The molecule has 1 saturated heterocycles. The molecule has 0 saturated carbocycles. The van der Waals surface area contributed by atoms with Gasteiger partial charge in [-0.25, -0.2) is 13.4 Å². The molecule has 2 heterocycles. The third kappa shape index (κ3) is 4.65. The molecular weight excluding hydrogens is 398 g/mol. The summed E-state index contributed by atoms with van der Waals surface area (Å²) in [5, 5.41) is 5.52. The Morgan fingerprint density at radius 2 is 1.96 bits per heavy atom. The van der Waals surface area contributed by atoms with Crippen LogP contribution in [0.5, 0.6) is 0 Å². The fourth-order valence-electron chi connectivity index (χ4n) is 3.18. The quantitative estimate of drug-likeness (QED) is 0.723. The summed E-state index contributed by atoms with van der Waals surface area (Å²) in [5.74, 6) is -0.169. The number of piperidine rings is 1. The van der Waals surface area contributed by atoms with Crippen molar-refractivity contribution in [1.29, 1.82) is 0 Å². The zero-order chi connectivity index (χ0) is 20.3. The summed E-state index contributed by atoms with van der Waals surface area (Å²) in [4.78, 5) is 27.2. The molecule has 9 heteroatoms. The van der Waals surface area contributed by atoms with Crippen LogP contribution in [0.4, 0.5) is 0 Å². The number of hydrogen-bond acceptors (Lipinski definition) is 6. The Morgan fingerprint density at radius 1 is 1.25 bits per heavy atom. The van der Waals surface area contributed by atoms with Crippen LogP contribution in [0.3, 0.4) is 0 Å². The first-order valence-corrected chi connectivity index (χ1v) is 11.4. The van der Waals surface area contributed by atoms with Gasteiger partial charge in [0.2, 0.25) is 15.9 Å². The Bertz CT molecular complexity index is 967. The smallest absolute Gasteiger partial charge is 0.243 e. The first-order valence-electron chi connectivity index (χ1n) is 9.07. The van der Waals surface area contributed by atoms with Crippen LogP contribution in [-0.2, 0) is 21.4 Å². The van der Waals surface area contributed by atoms with Crippen LogP contribution in [0.15, 0.2) is 34.5 Å². The molecule has 1 N–H and O–H groups in total. The highest BCUT2D eigenvalue weighted by molar-refractivity contribution is 7.89. The maximum absolute atomic E-state index is 13.0. The van der Waals surface area contributed by atoms with Crippen molar-refractivity contribution in [3.05, 3.63) is 45.9 Å². The van der Waals surface area contributed by atoms with Crippen molar-refractivity contribution < 1.29 is 18.0 Å². The number of benzene rings is 1. The fraction of sp³-hybridized carbons (Fsp3) is 0.421. The minimum Gasteiger partial charge on any atom is -0.351 e. The zero-order valence-electron chi connectivity index (χ0n) is 15.8. The van der Waals surface area contributed by atoms with E-state index in [9.17, 15) is 18.0 Å². The van der Waals surface area contributed by atoms with Gasteiger partial charge in [-0.3, -0.25) is 9.59 Å². The average Bonchev–Trinajstić information content (AvgIpc) is 3.15. The first-order chi connectivity index (χ1) is 13.3. The lowest BCUT2D eigenvalue weighted by atomic mass is 10.0. The van der Waals surface area contributed by atoms with Crippen molar-refractivity contribution in [3.8, 4) is 0 Å². The number of thiazole rings is 1. The molecule has 1 aromatic heterocycles. The second-order valence-electron chi connectivity index (χ2n) is 6.87. The van der Waals surface area contributed by atoms with E-state index in [2.05, 4.69) is 10.3 Å².